The van der Waals surface area contributed by atoms with Crippen molar-refractivity contribution in [2.75, 3.05) is 11.9 Å². The second kappa shape index (κ2) is 6.00. The Hall–Kier alpha value is -0.880. The molecule has 90 valence electrons. The number of rotatable bonds is 5. The summed E-state index contributed by atoms with van der Waals surface area (Å²) in [5, 5.41) is 16.0. The van der Waals surface area contributed by atoms with Crippen LogP contribution in [0.25, 0.3) is 0 Å². The van der Waals surface area contributed by atoms with Gasteiger partial charge in [-0.15, -0.1) is 0 Å². The number of hydrogen-bond donors (Lipinski definition) is 2. The smallest absolute Gasteiger partial charge is 0.282 e. The predicted molar refractivity (Wildman–Crippen MR) is 66.6 cm³/mol. The van der Waals surface area contributed by atoms with Gasteiger partial charge >= 0.3 is 0 Å². The fourth-order valence-corrected chi connectivity index (χ4v) is 1.84. The number of halogens is 1. The van der Waals surface area contributed by atoms with Crippen molar-refractivity contribution in [3.8, 4) is 0 Å². The van der Waals surface area contributed by atoms with Gasteiger partial charge in [-0.05, 0) is 28.8 Å². The molecule has 0 aromatic carbocycles. The van der Waals surface area contributed by atoms with Crippen molar-refractivity contribution < 1.29 is 5.11 Å². The maximum atomic E-state index is 11.6. The van der Waals surface area contributed by atoms with E-state index >= 15 is 0 Å². The predicted octanol–water partition coefficient (Wildman–Crippen LogP) is 1.12. The summed E-state index contributed by atoms with van der Waals surface area (Å²) in [7, 11) is 1.60. The van der Waals surface area contributed by atoms with Crippen molar-refractivity contribution in [1.82, 2.24) is 9.78 Å². The fourth-order valence-electron chi connectivity index (χ4n) is 1.37. The minimum Gasteiger partial charge on any atom is -0.396 e. The van der Waals surface area contributed by atoms with Crippen LogP contribution in [-0.4, -0.2) is 27.5 Å². The van der Waals surface area contributed by atoms with Crippen molar-refractivity contribution in [1.29, 1.82) is 0 Å². The van der Waals surface area contributed by atoms with Gasteiger partial charge in [0.15, 0.2) is 0 Å². The highest BCUT2D eigenvalue weighted by Gasteiger charge is 2.11. The third-order valence-electron chi connectivity index (χ3n) is 2.41. The lowest BCUT2D eigenvalue weighted by molar-refractivity contribution is 0.278. The Morgan fingerprint density at radius 3 is 2.94 bits per heavy atom. The summed E-state index contributed by atoms with van der Waals surface area (Å²) < 4.78 is 1.74. The van der Waals surface area contributed by atoms with Crippen molar-refractivity contribution in [2.45, 2.75) is 25.8 Å². The largest absolute Gasteiger partial charge is 0.396 e. The number of aliphatic hydroxyl groups is 1. The summed E-state index contributed by atoms with van der Waals surface area (Å²) in [6.07, 6.45) is 3.13. The molecule has 1 heterocycles. The molecule has 0 aliphatic carbocycles. The van der Waals surface area contributed by atoms with Crippen LogP contribution in [-0.2, 0) is 7.05 Å². The molecule has 0 fully saturated rings. The van der Waals surface area contributed by atoms with Gasteiger partial charge in [-0.2, -0.15) is 5.10 Å². The van der Waals surface area contributed by atoms with E-state index in [1.165, 1.54) is 4.68 Å². The Labute approximate surface area is 103 Å². The van der Waals surface area contributed by atoms with E-state index in [-0.39, 0.29) is 18.2 Å². The van der Waals surface area contributed by atoms with E-state index < -0.39 is 0 Å². The van der Waals surface area contributed by atoms with Crippen LogP contribution in [0.1, 0.15) is 19.8 Å². The van der Waals surface area contributed by atoms with Gasteiger partial charge in [0.2, 0.25) is 0 Å². The van der Waals surface area contributed by atoms with E-state index in [1.807, 2.05) is 6.92 Å². The fraction of sp³-hybridized carbons (Fsp3) is 0.600. The summed E-state index contributed by atoms with van der Waals surface area (Å²) in [6.45, 7) is 2.15. The Balaban J connectivity index is 2.89. The van der Waals surface area contributed by atoms with Gasteiger partial charge in [-0.3, -0.25) is 4.79 Å². The highest BCUT2D eigenvalue weighted by Crippen LogP contribution is 2.18. The topological polar surface area (TPSA) is 67.2 Å². The van der Waals surface area contributed by atoms with E-state index in [4.69, 9.17) is 5.11 Å². The average Bonchev–Trinajstić information content (AvgIpc) is 2.29. The molecule has 5 nitrogen and oxygen atoms in total. The molecule has 1 aromatic heterocycles. The monoisotopic (exact) mass is 289 g/mol. The molecule has 0 saturated carbocycles. The second-order valence-corrected chi connectivity index (χ2v) is 4.36. The summed E-state index contributed by atoms with van der Waals surface area (Å²) in [5.41, 5.74) is 0.493. The Bertz CT molecular complexity index is 406. The van der Waals surface area contributed by atoms with Gasteiger partial charge in [-0.1, -0.05) is 6.92 Å². The van der Waals surface area contributed by atoms with E-state index in [2.05, 4.69) is 26.3 Å². The number of aliphatic hydroxyl groups excluding tert-OH is 1. The number of nitrogens with one attached hydrogen (secondary N) is 1. The molecule has 2 N–H and O–H groups in total. The Morgan fingerprint density at radius 2 is 2.38 bits per heavy atom. The summed E-state index contributed by atoms with van der Waals surface area (Å²) in [5.74, 6) is 0. The number of aromatic nitrogens is 2. The van der Waals surface area contributed by atoms with Gasteiger partial charge in [0.25, 0.3) is 5.56 Å². The molecule has 0 aliphatic heterocycles. The molecule has 0 aliphatic rings. The molecule has 0 spiro atoms. The van der Waals surface area contributed by atoms with Crippen LogP contribution in [0, 0.1) is 0 Å². The van der Waals surface area contributed by atoms with Crippen LogP contribution in [0.15, 0.2) is 15.5 Å². The number of anilines is 1. The lowest BCUT2D eigenvalue weighted by Crippen LogP contribution is -2.25. The molecule has 0 bridgehead atoms. The highest BCUT2D eigenvalue weighted by molar-refractivity contribution is 9.10. The van der Waals surface area contributed by atoms with Crippen LogP contribution in [0.4, 0.5) is 5.69 Å². The van der Waals surface area contributed by atoms with Crippen LogP contribution in [0.3, 0.4) is 0 Å². The first-order chi connectivity index (χ1) is 7.60. The first-order valence-electron chi connectivity index (χ1n) is 5.19. The molecule has 1 rings (SSSR count). The first kappa shape index (κ1) is 13.2. The van der Waals surface area contributed by atoms with E-state index in [1.54, 1.807) is 13.2 Å². The summed E-state index contributed by atoms with van der Waals surface area (Å²) in [4.78, 5) is 11.6. The molecule has 0 saturated heterocycles. The molecule has 0 radical (unpaired) electrons. The SMILES string of the molecule is CCC(CCO)Nc1cnn(C)c(=O)c1Br. The van der Waals surface area contributed by atoms with Gasteiger partial charge in [0.05, 0.1) is 11.9 Å². The van der Waals surface area contributed by atoms with Crippen molar-refractivity contribution >= 4 is 21.6 Å². The number of nitrogens with zero attached hydrogens (tertiary/aromatic N) is 2. The number of hydrogen-bond acceptors (Lipinski definition) is 4. The maximum absolute atomic E-state index is 11.6. The summed E-state index contributed by atoms with van der Waals surface area (Å²) >= 11 is 3.24. The van der Waals surface area contributed by atoms with Crippen LogP contribution in [0.2, 0.25) is 0 Å². The van der Waals surface area contributed by atoms with Crippen molar-refractivity contribution in [3.05, 3.63) is 21.0 Å². The van der Waals surface area contributed by atoms with Crippen molar-refractivity contribution in [2.24, 2.45) is 7.05 Å². The molecular weight excluding hydrogens is 274 g/mol. The van der Waals surface area contributed by atoms with E-state index in [0.717, 1.165) is 6.42 Å². The van der Waals surface area contributed by atoms with Crippen LogP contribution in [0.5, 0.6) is 0 Å². The van der Waals surface area contributed by atoms with E-state index in [0.29, 0.717) is 16.6 Å². The minimum absolute atomic E-state index is 0.126. The normalized spacial score (nSPS) is 12.5. The average molecular weight is 290 g/mol. The molecule has 6 heteroatoms. The van der Waals surface area contributed by atoms with Gasteiger partial charge < -0.3 is 10.4 Å². The van der Waals surface area contributed by atoms with Gasteiger partial charge in [0.1, 0.15) is 4.47 Å². The summed E-state index contributed by atoms with van der Waals surface area (Å²) in [6, 6.07) is 0.148. The molecule has 1 atom stereocenters. The maximum Gasteiger partial charge on any atom is 0.282 e. The van der Waals surface area contributed by atoms with Crippen molar-refractivity contribution in [3.63, 3.8) is 0 Å². The Morgan fingerprint density at radius 1 is 1.69 bits per heavy atom. The van der Waals surface area contributed by atoms with Gasteiger partial charge in [-0.25, -0.2) is 4.68 Å². The minimum atomic E-state index is -0.177. The Kier molecular flexibility index (Phi) is 4.95. The van der Waals surface area contributed by atoms with E-state index in [9.17, 15) is 4.79 Å². The molecule has 0 amide bonds. The lowest BCUT2D eigenvalue weighted by atomic mass is 10.1. The third kappa shape index (κ3) is 3.05. The highest BCUT2D eigenvalue weighted by atomic mass is 79.9. The zero-order chi connectivity index (χ0) is 12.1. The first-order valence-corrected chi connectivity index (χ1v) is 5.98. The second-order valence-electron chi connectivity index (χ2n) is 3.56. The zero-order valence-electron chi connectivity index (χ0n) is 9.40. The molecule has 1 aromatic rings. The molecule has 1 unspecified atom stereocenters. The zero-order valence-corrected chi connectivity index (χ0v) is 11.0. The third-order valence-corrected chi connectivity index (χ3v) is 3.17. The van der Waals surface area contributed by atoms with Gasteiger partial charge in [0, 0.05) is 19.7 Å². The lowest BCUT2D eigenvalue weighted by Gasteiger charge is -2.17. The van der Waals surface area contributed by atoms with Crippen LogP contribution >= 0.6 is 15.9 Å². The molecular formula is C10H16BrN3O2. The van der Waals surface area contributed by atoms with Crippen LogP contribution < -0.4 is 10.9 Å². The molecule has 16 heavy (non-hydrogen) atoms. The standard InChI is InChI=1S/C10H16BrN3O2/c1-3-7(4-5-15)13-8-6-12-14(2)10(16)9(8)11/h6-7,13,15H,3-5H2,1-2H3. The quantitative estimate of drug-likeness (QED) is 0.852. The number of aryl methyl sites for hydroxylation is 1.